The van der Waals surface area contributed by atoms with Crippen LogP contribution in [0.1, 0.15) is 110 Å². The fraction of sp³-hybridized carbons (Fsp3) is 0.244. The van der Waals surface area contributed by atoms with E-state index in [2.05, 4.69) is 448 Å². The summed E-state index contributed by atoms with van der Waals surface area (Å²) in [5.41, 5.74) is 20.4. The Labute approximate surface area is 811 Å². The third-order valence-corrected chi connectivity index (χ3v) is 28.8. The smallest absolute Gasteiger partial charge is 0.131 e. The molecule has 0 bridgehead atoms. The summed E-state index contributed by atoms with van der Waals surface area (Å²) in [7, 11) is 24.1. The second-order valence-corrected chi connectivity index (χ2v) is 43.0. The van der Waals surface area contributed by atoms with Crippen LogP contribution in [0.15, 0.2) is 358 Å². The lowest BCUT2D eigenvalue weighted by molar-refractivity contribution is 0.300. The van der Waals surface area contributed by atoms with E-state index in [1.54, 1.807) is 0 Å². The van der Waals surface area contributed by atoms with E-state index in [-0.39, 0.29) is 5.41 Å². The van der Waals surface area contributed by atoms with Crippen molar-refractivity contribution in [3.8, 4) is 28.7 Å². The summed E-state index contributed by atoms with van der Waals surface area (Å²) < 4.78 is 31.3. The predicted molar refractivity (Wildman–Crippen MR) is 586 cm³/mol. The molecule has 134 heavy (non-hydrogen) atoms. The maximum absolute atomic E-state index is 6.53. The van der Waals surface area contributed by atoms with E-state index in [1.165, 1.54) is 142 Å². The molecule has 15 heteroatoms. The minimum absolute atomic E-state index is 0.0143. The highest BCUT2D eigenvalue weighted by molar-refractivity contribution is 7.57. The van der Waals surface area contributed by atoms with Crippen LogP contribution in [-0.4, -0.2) is 95.0 Å². The van der Waals surface area contributed by atoms with Crippen LogP contribution in [0.5, 0.6) is 28.7 Å². The molecule has 0 spiro atoms. The SMILES string of the molecule is CN(C)Cc1ccccc1Pc1ccccc1OCc1ccccc1.Cc1cc(C)c(OCc2ccccc2)c(Pc2ccccc2CN(C)C)c1.Cc1cc(Pc2ccccc2CN(C)C)c(OCc2ccccc2)c(C(C)(C)C)c1.Cc1ccc(OCc2ccccc2)c(Pc2ccccc2CN(C)C)c1.Cc1cccc(Pc2ccccc2CN(C)C)c1OCc1ccccc1. The van der Waals surface area contributed by atoms with Crippen LogP contribution in [0.3, 0.4) is 0 Å². The van der Waals surface area contributed by atoms with Gasteiger partial charge in [0.15, 0.2) is 0 Å². The molecule has 10 nitrogen and oxygen atoms in total. The second kappa shape index (κ2) is 54.1. The topological polar surface area (TPSA) is 62.4 Å². The number of ether oxygens (including phenoxy) is 5. The Kier molecular flexibility index (Phi) is 41.9. The van der Waals surface area contributed by atoms with Gasteiger partial charge in [-0.25, -0.2) is 0 Å². The first-order chi connectivity index (χ1) is 64.7. The van der Waals surface area contributed by atoms with Gasteiger partial charge in [-0.05, 0) is 245 Å². The largest absolute Gasteiger partial charge is 0.488 e. The van der Waals surface area contributed by atoms with E-state index in [4.69, 9.17) is 23.7 Å². The molecule has 5 unspecified atom stereocenters. The van der Waals surface area contributed by atoms with Gasteiger partial charge >= 0.3 is 0 Å². The zero-order valence-corrected chi connectivity index (χ0v) is 86.9. The van der Waals surface area contributed by atoms with E-state index in [9.17, 15) is 0 Å². The summed E-state index contributed by atoms with van der Waals surface area (Å²) in [6.07, 6.45) is 0. The molecule has 0 amide bonds. The van der Waals surface area contributed by atoms with Gasteiger partial charge in [0.05, 0.1) is 0 Å². The third-order valence-electron chi connectivity index (χ3n) is 21.7. The molecule has 694 valence electrons. The Morgan fingerprint density at radius 2 is 0.470 bits per heavy atom. The molecule has 5 atom stereocenters. The predicted octanol–water partition coefficient (Wildman–Crippen LogP) is 22.6. The van der Waals surface area contributed by atoms with E-state index in [0.29, 0.717) is 75.9 Å². The standard InChI is InChI=1S/C27H34NOP.C24H28NOP.2C23H26NOP.C22H24NOP/c1-20-16-23(27(2,3)4)26(29-19-21-12-8-7-9-13-21)25(17-20)30-24-15-11-10-14-22(24)18-28(5)6;1-18-14-19(2)24(26-17-20-10-6-5-7-11-20)23(15-18)27-22-13-9-8-12-21(22)16-25(3)4;1-18-10-9-15-22(23(18)25-17-19-11-5-4-6-12-19)26-21-14-8-7-13-20(21)16-24(2)3;1-18-13-14-21(25-17-19-9-5-4-6-10-19)23(15-18)26-22-12-8-7-11-20(22)16-24(2)3;1-23(2)16-19-12-6-8-14-21(19)25-22-15-9-7-13-20(22)24-17-18-10-4-3-5-11-18/h7-17,30H,18-19H2,1-6H3;5-15,27H,16-17H2,1-4H3;2*4-15,26H,16-17H2,1-3H3;3-15,25H,16-17H2,1-2H3. The fourth-order valence-electron chi connectivity index (χ4n) is 15.3. The first kappa shape index (κ1) is 104. The van der Waals surface area contributed by atoms with Crippen molar-refractivity contribution in [2.24, 2.45) is 0 Å². The number of hydrogen-bond acceptors (Lipinski definition) is 10. The number of rotatable bonds is 35. The Morgan fingerprint density at radius 1 is 0.209 bits per heavy atom. The quantitative estimate of drug-likeness (QED) is 0.0359. The van der Waals surface area contributed by atoms with E-state index < -0.39 is 0 Å². The lowest BCUT2D eigenvalue weighted by Gasteiger charge is -2.26. The first-order valence-corrected chi connectivity index (χ1v) is 51.1. The Hall–Kier alpha value is -10.8. The molecular weight excluding hydrogens is 1730 g/mol. The molecule has 0 saturated carbocycles. The normalized spacial score (nSPS) is 11.5. The molecule has 0 aliphatic rings. The van der Waals surface area contributed by atoms with Crippen LogP contribution in [0, 0.1) is 34.6 Å². The molecule has 15 aromatic rings. The number of benzene rings is 15. The highest BCUT2D eigenvalue weighted by atomic mass is 31.1. The van der Waals surface area contributed by atoms with Crippen LogP contribution in [0.4, 0.5) is 0 Å². The summed E-state index contributed by atoms with van der Waals surface area (Å²) in [6, 6.07) is 126. The van der Waals surface area contributed by atoms with Crippen molar-refractivity contribution in [1.29, 1.82) is 0 Å². The van der Waals surface area contributed by atoms with Gasteiger partial charge < -0.3 is 48.2 Å². The van der Waals surface area contributed by atoms with Gasteiger partial charge in [-0.15, -0.1) is 0 Å². The summed E-state index contributed by atoms with van der Waals surface area (Å²) in [6.45, 7) is 25.3. The summed E-state index contributed by atoms with van der Waals surface area (Å²) in [4.78, 5) is 11.1. The Morgan fingerprint density at radius 3 is 0.828 bits per heavy atom. The Bertz CT molecular complexity index is 6020. The molecule has 0 heterocycles. The van der Waals surface area contributed by atoms with Crippen LogP contribution in [0.2, 0.25) is 0 Å². The molecule has 15 aromatic carbocycles. The maximum atomic E-state index is 6.53. The molecule has 0 aromatic heterocycles. The van der Waals surface area contributed by atoms with Gasteiger partial charge in [0.2, 0.25) is 0 Å². The zero-order valence-electron chi connectivity index (χ0n) is 81.9. The first-order valence-electron chi connectivity index (χ1n) is 46.1. The molecule has 0 fully saturated rings. The fourth-order valence-corrected chi connectivity index (χ4v) is 22.2. The van der Waals surface area contributed by atoms with Crippen LogP contribution in [0.25, 0.3) is 0 Å². The summed E-state index contributed by atoms with van der Waals surface area (Å²) in [5.74, 6) is 5.06. The molecule has 15 rings (SSSR count). The van der Waals surface area contributed by atoms with Gasteiger partial charge in [0.1, 0.15) is 61.8 Å². The van der Waals surface area contributed by atoms with E-state index in [0.717, 1.165) is 61.5 Å². The molecule has 0 saturated heterocycles. The van der Waals surface area contributed by atoms with Crippen LogP contribution in [-0.2, 0) is 71.2 Å². The van der Waals surface area contributed by atoms with Gasteiger partial charge in [-0.1, -0.05) is 397 Å². The lowest BCUT2D eigenvalue weighted by atomic mass is 9.85. The van der Waals surface area contributed by atoms with E-state index >= 15 is 0 Å². The van der Waals surface area contributed by atoms with Gasteiger partial charge in [0.25, 0.3) is 0 Å². The van der Waals surface area contributed by atoms with Crippen molar-refractivity contribution in [2.45, 2.75) is 127 Å². The maximum Gasteiger partial charge on any atom is 0.131 e. The third kappa shape index (κ3) is 34.6. The van der Waals surface area contributed by atoms with Crippen LogP contribution >= 0.6 is 42.9 Å². The minimum Gasteiger partial charge on any atom is -0.488 e. The number of para-hydroxylation sites is 2. The number of nitrogens with zero attached hydrogens (tertiary/aromatic N) is 5. The average Bonchev–Trinajstić information content (AvgIpc) is 0.793. The van der Waals surface area contributed by atoms with Crippen LogP contribution < -0.4 is 76.7 Å². The van der Waals surface area contributed by atoms with Crippen molar-refractivity contribution in [3.05, 3.63) is 447 Å². The van der Waals surface area contributed by atoms with Crippen molar-refractivity contribution in [2.75, 3.05) is 70.5 Å². The second-order valence-electron chi connectivity index (χ2n) is 36.3. The van der Waals surface area contributed by atoms with Crippen molar-refractivity contribution in [1.82, 2.24) is 24.5 Å². The average molecular weight is 1870 g/mol. The summed E-state index contributed by atoms with van der Waals surface area (Å²) in [5, 5.41) is 13.3. The monoisotopic (exact) mass is 1870 g/mol. The highest BCUT2D eigenvalue weighted by Crippen LogP contribution is 2.37. The van der Waals surface area contributed by atoms with Crippen molar-refractivity contribution in [3.63, 3.8) is 0 Å². The van der Waals surface area contributed by atoms with Crippen molar-refractivity contribution < 1.29 is 23.7 Å². The van der Waals surface area contributed by atoms with Gasteiger partial charge in [0, 0.05) is 64.8 Å². The van der Waals surface area contributed by atoms with Gasteiger partial charge in [-0.3, -0.25) is 0 Å². The molecule has 0 radical (unpaired) electrons. The molecule has 0 aliphatic heterocycles. The van der Waals surface area contributed by atoms with E-state index in [1.807, 2.05) is 60.7 Å². The molecular formula is C119H138N5O5P5. The highest BCUT2D eigenvalue weighted by Gasteiger charge is 2.25. The zero-order chi connectivity index (χ0) is 95.1. The Balaban J connectivity index is 0.000000161. The number of aryl methyl sites for hydroxylation is 5. The summed E-state index contributed by atoms with van der Waals surface area (Å²) >= 11 is 0. The minimum atomic E-state index is 0.0143. The van der Waals surface area contributed by atoms with Crippen molar-refractivity contribution >= 4 is 95.9 Å². The van der Waals surface area contributed by atoms with Gasteiger partial charge in [-0.2, -0.15) is 0 Å². The number of hydrogen-bond donors (Lipinski definition) is 0. The molecule has 0 N–H and O–H groups in total. The lowest BCUT2D eigenvalue weighted by Crippen LogP contribution is -2.21. The molecule has 0 aliphatic carbocycles.